The molecule has 1 atom stereocenters. The number of allylic oxidation sites excluding steroid dienone is 1. The van der Waals surface area contributed by atoms with Gasteiger partial charge in [-0.05, 0) is 18.2 Å². The summed E-state index contributed by atoms with van der Waals surface area (Å²) in [5, 5.41) is 4.03. The number of carbonyl (C=O) groups excluding carboxylic acids is 2. The number of amides is 1. The van der Waals surface area contributed by atoms with Crippen LogP contribution in [0.4, 0.5) is 5.69 Å². The summed E-state index contributed by atoms with van der Waals surface area (Å²) in [7, 11) is -1.77. The number of esters is 1. The number of sulfone groups is 1. The molecular formula is C15H16ClNO6S. The first kappa shape index (κ1) is 18.3. The van der Waals surface area contributed by atoms with Crippen LogP contribution in [-0.4, -0.2) is 39.8 Å². The van der Waals surface area contributed by atoms with Gasteiger partial charge in [-0.25, -0.2) is 8.42 Å². The number of hydrogen-bond acceptors (Lipinski definition) is 6. The lowest BCUT2D eigenvalue weighted by Crippen LogP contribution is -2.22. The summed E-state index contributed by atoms with van der Waals surface area (Å²) in [6.45, 7) is -0.488. The molecule has 0 aliphatic carbocycles. The third-order valence-corrected chi connectivity index (χ3v) is 4.93. The Morgan fingerprint density at radius 3 is 2.75 bits per heavy atom. The highest BCUT2D eigenvalue weighted by atomic mass is 35.5. The normalized spacial score (nSPS) is 18.2. The summed E-state index contributed by atoms with van der Waals surface area (Å²) in [6.07, 6.45) is 1.36. The average Bonchev–Trinajstić information content (AvgIpc) is 2.84. The molecule has 1 aromatic rings. The van der Waals surface area contributed by atoms with Gasteiger partial charge >= 0.3 is 5.97 Å². The topological polar surface area (TPSA) is 98.8 Å². The van der Waals surface area contributed by atoms with Crippen molar-refractivity contribution in [1.29, 1.82) is 0 Å². The van der Waals surface area contributed by atoms with E-state index in [0.717, 1.165) is 5.41 Å². The first-order valence-corrected chi connectivity index (χ1v) is 9.08. The van der Waals surface area contributed by atoms with E-state index in [4.69, 9.17) is 21.1 Å². The van der Waals surface area contributed by atoms with Gasteiger partial charge in [-0.15, -0.1) is 0 Å². The number of nitrogens with one attached hydrogen (secondary N) is 1. The molecule has 0 spiro atoms. The number of methoxy groups -OCH3 is 1. The van der Waals surface area contributed by atoms with Crippen molar-refractivity contribution in [2.75, 3.05) is 24.8 Å². The molecule has 2 rings (SSSR count). The second-order valence-electron chi connectivity index (χ2n) is 5.18. The molecule has 1 aromatic carbocycles. The number of ether oxygens (including phenoxy) is 2. The Morgan fingerprint density at radius 1 is 1.38 bits per heavy atom. The molecule has 0 saturated carbocycles. The Bertz CT molecular complexity index is 774. The Balaban J connectivity index is 1.82. The first-order valence-electron chi connectivity index (χ1n) is 6.99. The van der Waals surface area contributed by atoms with Crippen molar-refractivity contribution < 1.29 is 27.5 Å². The lowest BCUT2D eigenvalue weighted by Gasteiger charge is -2.11. The van der Waals surface area contributed by atoms with Gasteiger partial charge in [0.1, 0.15) is 5.75 Å². The van der Waals surface area contributed by atoms with E-state index in [-0.39, 0.29) is 12.2 Å². The lowest BCUT2D eigenvalue weighted by molar-refractivity contribution is -0.147. The van der Waals surface area contributed by atoms with Gasteiger partial charge in [0.15, 0.2) is 16.4 Å². The lowest BCUT2D eigenvalue weighted by atomic mass is 10.1. The minimum Gasteiger partial charge on any atom is -0.495 e. The Morgan fingerprint density at radius 2 is 2.12 bits per heavy atom. The summed E-state index contributed by atoms with van der Waals surface area (Å²) in [6, 6.07) is 4.71. The number of hydrogen-bond donors (Lipinski definition) is 1. The smallest absolute Gasteiger partial charge is 0.306 e. The quantitative estimate of drug-likeness (QED) is 0.763. The fraction of sp³-hybridized carbons (Fsp3) is 0.333. The van der Waals surface area contributed by atoms with Crippen LogP contribution >= 0.6 is 11.6 Å². The molecule has 1 amide bonds. The van der Waals surface area contributed by atoms with Gasteiger partial charge in [-0.1, -0.05) is 17.7 Å². The molecule has 0 bridgehead atoms. The van der Waals surface area contributed by atoms with Crippen LogP contribution in [0.1, 0.15) is 6.42 Å². The fourth-order valence-electron chi connectivity index (χ4n) is 2.15. The van der Waals surface area contributed by atoms with Crippen molar-refractivity contribution in [3.05, 3.63) is 34.7 Å². The summed E-state index contributed by atoms with van der Waals surface area (Å²) >= 11 is 5.86. The van der Waals surface area contributed by atoms with E-state index in [0.29, 0.717) is 16.5 Å². The van der Waals surface area contributed by atoms with Crippen LogP contribution in [0.25, 0.3) is 0 Å². The molecule has 0 saturated heterocycles. The first-order chi connectivity index (χ1) is 11.3. The molecule has 7 nitrogen and oxygen atoms in total. The number of benzene rings is 1. The molecule has 1 aliphatic heterocycles. The van der Waals surface area contributed by atoms with Crippen LogP contribution in [0.15, 0.2) is 29.7 Å². The minimum absolute atomic E-state index is 0.0938. The van der Waals surface area contributed by atoms with Crippen LogP contribution in [0.2, 0.25) is 5.02 Å². The maximum atomic E-state index is 11.8. The molecule has 1 unspecified atom stereocenters. The van der Waals surface area contributed by atoms with Crippen LogP contribution in [-0.2, 0) is 24.2 Å². The summed E-state index contributed by atoms with van der Waals surface area (Å²) in [4.78, 5) is 23.5. The standard InChI is InChI=1S/C15H16ClNO6S/c1-22-13-3-2-11(16)7-12(13)17-14(18)8-23-15(19)6-10-4-5-24(20,21)9-10/h2-5,7,10H,6,8-9H2,1H3,(H,17,18). The molecular weight excluding hydrogens is 358 g/mol. The second kappa shape index (κ2) is 7.67. The van der Waals surface area contributed by atoms with E-state index < -0.39 is 34.2 Å². The van der Waals surface area contributed by atoms with Crippen LogP contribution in [0.3, 0.4) is 0 Å². The number of anilines is 1. The van der Waals surface area contributed by atoms with Gasteiger partial charge in [0.2, 0.25) is 0 Å². The predicted octanol–water partition coefficient (Wildman–Crippen LogP) is 1.78. The zero-order chi connectivity index (χ0) is 17.7. The van der Waals surface area contributed by atoms with Gasteiger partial charge in [-0.2, -0.15) is 0 Å². The molecule has 0 aromatic heterocycles. The molecule has 1 aliphatic rings. The maximum Gasteiger partial charge on any atom is 0.306 e. The third kappa shape index (κ3) is 5.24. The van der Waals surface area contributed by atoms with Crippen molar-refractivity contribution >= 4 is 39.0 Å². The predicted molar refractivity (Wildman–Crippen MR) is 88.6 cm³/mol. The van der Waals surface area contributed by atoms with Crippen LogP contribution < -0.4 is 10.1 Å². The van der Waals surface area contributed by atoms with E-state index in [2.05, 4.69) is 5.32 Å². The Hall–Kier alpha value is -2.06. The van der Waals surface area contributed by atoms with E-state index >= 15 is 0 Å². The molecule has 24 heavy (non-hydrogen) atoms. The third-order valence-electron chi connectivity index (χ3n) is 3.23. The maximum absolute atomic E-state index is 11.8. The number of carbonyl (C=O) groups is 2. The van der Waals surface area contributed by atoms with Gasteiger partial charge < -0.3 is 14.8 Å². The largest absolute Gasteiger partial charge is 0.495 e. The van der Waals surface area contributed by atoms with Crippen molar-refractivity contribution in [3.63, 3.8) is 0 Å². The summed E-state index contributed by atoms with van der Waals surface area (Å²) in [5.74, 6) is -1.32. The van der Waals surface area contributed by atoms with E-state index in [1.807, 2.05) is 0 Å². The SMILES string of the molecule is COc1ccc(Cl)cc1NC(=O)COC(=O)CC1C=CS(=O)(=O)C1. The van der Waals surface area contributed by atoms with Gasteiger partial charge in [0, 0.05) is 16.3 Å². The average molecular weight is 374 g/mol. The van der Waals surface area contributed by atoms with Gasteiger partial charge in [0.25, 0.3) is 5.91 Å². The highest BCUT2D eigenvalue weighted by molar-refractivity contribution is 7.94. The van der Waals surface area contributed by atoms with Crippen molar-refractivity contribution in [3.8, 4) is 5.75 Å². The highest BCUT2D eigenvalue weighted by Gasteiger charge is 2.24. The van der Waals surface area contributed by atoms with Crippen LogP contribution in [0.5, 0.6) is 5.75 Å². The van der Waals surface area contributed by atoms with Crippen molar-refractivity contribution in [2.24, 2.45) is 5.92 Å². The van der Waals surface area contributed by atoms with Crippen molar-refractivity contribution in [2.45, 2.75) is 6.42 Å². The van der Waals surface area contributed by atoms with Crippen LogP contribution in [0, 0.1) is 5.92 Å². The molecule has 1 N–H and O–H groups in total. The second-order valence-corrected chi connectivity index (χ2v) is 7.54. The Labute approximate surface area is 144 Å². The molecule has 9 heteroatoms. The van der Waals surface area contributed by atoms with Gasteiger partial charge in [-0.3, -0.25) is 9.59 Å². The number of halogens is 1. The summed E-state index contributed by atoms with van der Waals surface area (Å²) < 4.78 is 32.5. The Kier molecular flexibility index (Phi) is 5.84. The zero-order valence-electron chi connectivity index (χ0n) is 12.8. The van der Waals surface area contributed by atoms with E-state index in [1.165, 1.54) is 19.3 Å². The molecule has 1 heterocycles. The fourth-order valence-corrected chi connectivity index (χ4v) is 3.72. The monoisotopic (exact) mass is 373 g/mol. The molecule has 0 fully saturated rings. The van der Waals surface area contributed by atoms with Gasteiger partial charge in [0.05, 0.1) is 25.0 Å². The molecule has 130 valence electrons. The van der Waals surface area contributed by atoms with Crippen molar-refractivity contribution in [1.82, 2.24) is 0 Å². The summed E-state index contributed by atoms with van der Waals surface area (Å²) in [5.41, 5.74) is 0.357. The van der Waals surface area contributed by atoms with E-state index in [9.17, 15) is 18.0 Å². The number of rotatable bonds is 6. The molecule has 0 radical (unpaired) electrons. The minimum atomic E-state index is -3.22. The zero-order valence-corrected chi connectivity index (χ0v) is 14.4. The highest BCUT2D eigenvalue weighted by Crippen LogP contribution is 2.27. The van der Waals surface area contributed by atoms with E-state index in [1.54, 1.807) is 12.1 Å².